The normalized spacial score (nSPS) is 6.86. The Bertz CT molecular complexity index is 78.9. The van der Waals surface area contributed by atoms with Gasteiger partial charge in [0.15, 0.2) is 0 Å². The first-order chi connectivity index (χ1) is 2.81. The molecule has 7 heavy (non-hydrogen) atoms. The summed E-state index contributed by atoms with van der Waals surface area (Å²) in [4.78, 5) is 9.72. The molecule has 0 spiro atoms. The summed E-state index contributed by atoms with van der Waals surface area (Å²) in [5.74, 6) is 0. The van der Waals surface area contributed by atoms with Gasteiger partial charge in [0.2, 0.25) is 0 Å². The molecule has 0 aromatic rings. The van der Waals surface area contributed by atoms with Gasteiger partial charge in [-0.1, -0.05) is 0 Å². The number of carbonyl (C=O) groups is 1. The minimum atomic E-state index is -0.512. The van der Waals surface area contributed by atoms with E-state index in [9.17, 15) is 8.69 Å². The van der Waals surface area contributed by atoms with E-state index in [1.54, 1.807) is 0 Å². The fourth-order valence-corrected chi connectivity index (χ4v) is 0.109. The number of allylic oxidation sites excluding steroid dienone is 1. The maximum Gasteiger partial charge on any atom is 0 e. The summed E-state index contributed by atoms with van der Waals surface area (Å²) in [5, 5.41) is 0. The van der Waals surface area contributed by atoms with Crippen molar-refractivity contribution in [3.8, 4) is 0 Å². The molecule has 0 aliphatic carbocycles. The molecular formula is C3H3Ni2O2. The van der Waals surface area contributed by atoms with Crippen LogP contribution in [0.3, 0.4) is 0 Å². The van der Waals surface area contributed by atoms with Gasteiger partial charge in [0.1, 0.15) is 0 Å². The summed E-state index contributed by atoms with van der Waals surface area (Å²) in [7, 11) is 0. The molecule has 0 bridgehead atoms. The largest absolute Gasteiger partial charge is 0 e. The molecule has 0 aromatic carbocycles. The second-order valence-electron chi connectivity index (χ2n) is 0.542. The molecule has 0 saturated carbocycles. The van der Waals surface area contributed by atoms with Gasteiger partial charge in [-0.2, -0.15) is 0 Å². The Kier molecular flexibility index (Phi) is 9.06. The molecule has 0 fully saturated rings. The van der Waals surface area contributed by atoms with E-state index in [0.717, 1.165) is 6.08 Å². The van der Waals surface area contributed by atoms with E-state index in [1.165, 1.54) is 0 Å². The fourth-order valence-electron chi connectivity index (χ4n) is 0.0264. The van der Waals surface area contributed by atoms with Crippen LogP contribution >= 0.6 is 0 Å². The van der Waals surface area contributed by atoms with Crippen LogP contribution in [0, 0.1) is 0 Å². The van der Waals surface area contributed by atoms with Crippen molar-refractivity contribution in [1.82, 2.24) is 0 Å². The number of carbonyl (C=O) groups excluding carboxylic acids is 1. The molecule has 0 aliphatic heterocycles. The third-order valence-corrected chi connectivity index (χ3v) is 0.612. The van der Waals surface area contributed by atoms with E-state index >= 15 is 0 Å². The minimum Gasteiger partial charge on any atom is 0 e. The average Bonchev–Trinajstić information content (AvgIpc) is 1.65. The molecule has 2 nitrogen and oxygen atoms in total. The molecule has 0 aliphatic rings. The van der Waals surface area contributed by atoms with E-state index < -0.39 is 4.75 Å². The summed E-state index contributed by atoms with van der Waals surface area (Å²) in [6.07, 6.45) is 0.993. The Hall–Kier alpha value is 0.197. The molecule has 0 N–H and O–H groups in total. The van der Waals surface area contributed by atoms with Crippen LogP contribution in [0.5, 0.6) is 0 Å². The summed E-state index contributed by atoms with van der Waals surface area (Å²) in [6.45, 7) is 3.07. The number of hydrogen-bond donors (Lipinski definition) is 0. The summed E-state index contributed by atoms with van der Waals surface area (Å²) in [6, 6.07) is 0. The van der Waals surface area contributed by atoms with Crippen molar-refractivity contribution in [3.63, 3.8) is 0 Å². The molecule has 0 amide bonds. The van der Waals surface area contributed by atoms with Gasteiger partial charge in [-0.05, 0) is 0 Å². The first kappa shape index (κ1) is 10.2. The molecule has 0 aromatic heterocycles. The molecule has 0 unspecified atom stereocenters. The van der Waals surface area contributed by atoms with Gasteiger partial charge in [0, 0.05) is 16.5 Å². The van der Waals surface area contributed by atoms with E-state index in [1.807, 2.05) is 0 Å². The second kappa shape index (κ2) is 6.20. The van der Waals surface area contributed by atoms with Crippen molar-refractivity contribution < 1.29 is 39.5 Å². The van der Waals surface area contributed by atoms with Gasteiger partial charge in [-0.15, -0.1) is 0 Å². The Morgan fingerprint density at radius 3 is 2.14 bits per heavy atom. The third kappa shape index (κ3) is 6.20. The van der Waals surface area contributed by atoms with Crippen LogP contribution in [0.4, 0.5) is 0 Å². The Balaban J connectivity index is 0. The van der Waals surface area contributed by atoms with Gasteiger partial charge in [-0.25, -0.2) is 0 Å². The topological polar surface area (TPSA) is 34.1 Å². The maximum absolute atomic E-state index is 9.72. The molecule has 0 rings (SSSR count). The SMILES string of the molecule is C=C[C](=O)[Ni]=[O].[Ni]. The van der Waals surface area contributed by atoms with E-state index in [-0.39, 0.29) is 30.9 Å². The Morgan fingerprint density at radius 1 is 1.71 bits per heavy atom. The molecule has 47 valence electrons. The van der Waals surface area contributed by atoms with Crippen LogP contribution in [0.25, 0.3) is 0 Å². The Morgan fingerprint density at radius 2 is 2.14 bits per heavy atom. The molecule has 0 saturated heterocycles. The van der Waals surface area contributed by atoms with Gasteiger partial charge in [-0.3, -0.25) is 0 Å². The van der Waals surface area contributed by atoms with Crippen LogP contribution in [-0.4, -0.2) is 4.75 Å². The van der Waals surface area contributed by atoms with Gasteiger partial charge < -0.3 is 0 Å². The molecular weight excluding hydrogens is 185 g/mol. The summed E-state index contributed by atoms with van der Waals surface area (Å²) >= 11 is -0.231. The van der Waals surface area contributed by atoms with Crippen LogP contribution in [0.15, 0.2) is 12.7 Å². The first-order valence-electron chi connectivity index (χ1n) is 1.19. The zero-order chi connectivity index (χ0) is 4.99. The monoisotopic (exact) mass is 187 g/mol. The Labute approximate surface area is 57.3 Å². The van der Waals surface area contributed by atoms with Crippen LogP contribution in [0.2, 0.25) is 0 Å². The zero-order valence-electron chi connectivity index (χ0n) is 3.23. The zero-order valence-corrected chi connectivity index (χ0v) is 5.21. The molecule has 4 heteroatoms. The number of rotatable bonds is 2. The summed E-state index contributed by atoms with van der Waals surface area (Å²) in [5.41, 5.74) is 0. The van der Waals surface area contributed by atoms with Crippen molar-refractivity contribution in [1.29, 1.82) is 0 Å². The predicted molar refractivity (Wildman–Crippen MR) is 15.9 cm³/mol. The van der Waals surface area contributed by atoms with E-state index in [4.69, 9.17) is 0 Å². The van der Waals surface area contributed by atoms with Crippen molar-refractivity contribution in [2.24, 2.45) is 0 Å². The smallest absolute Gasteiger partial charge is 0 e. The van der Waals surface area contributed by atoms with E-state index in [0.29, 0.717) is 0 Å². The number of hydrogen-bond acceptors (Lipinski definition) is 2. The standard InChI is InChI=1S/C3H3O.2Ni.O/c1-2-3-4;;;/h2H,1H2;;;. The van der Waals surface area contributed by atoms with Gasteiger partial charge in [0.05, 0.1) is 0 Å². The molecule has 0 atom stereocenters. The average molecular weight is 188 g/mol. The molecule has 0 heterocycles. The minimum absolute atomic E-state index is 0. The van der Waals surface area contributed by atoms with Crippen LogP contribution in [-0.2, 0) is 39.5 Å². The second-order valence-corrected chi connectivity index (χ2v) is 1.23. The first-order valence-corrected chi connectivity index (χ1v) is 2.09. The maximum atomic E-state index is 9.72. The quantitative estimate of drug-likeness (QED) is 0.456. The van der Waals surface area contributed by atoms with Gasteiger partial charge in [0.25, 0.3) is 0 Å². The van der Waals surface area contributed by atoms with Crippen molar-refractivity contribution in [2.45, 2.75) is 0 Å². The van der Waals surface area contributed by atoms with Crippen LogP contribution in [0.1, 0.15) is 0 Å². The van der Waals surface area contributed by atoms with Crippen LogP contribution < -0.4 is 0 Å². The summed E-state index contributed by atoms with van der Waals surface area (Å²) < 4.78 is 8.87. The van der Waals surface area contributed by atoms with Crippen molar-refractivity contribution in [3.05, 3.63) is 12.7 Å². The van der Waals surface area contributed by atoms with Crippen molar-refractivity contribution >= 4 is 4.75 Å². The predicted octanol–water partition coefficient (Wildman–Crippen LogP) is 0.124. The third-order valence-electron chi connectivity index (χ3n) is 0.212. The fraction of sp³-hybridized carbons (Fsp3) is 0. The van der Waals surface area contributed by atoms with E-state index in [2.05, 4.69) is 6.58 Å². The molecule has 0 radical (unpaired) electrons. The van der Waals surface area contributed by atoms with Crippen molar-refractivity contribution in [2.75, 3.05) is 0 Å². The van der Waals surface area contributed by atoms with Gasteiger partial charge >= 0.3 is 40.5 Å².